The summed E-state index contributed by atoms with van der Waals surface area (Å²) in [7, 11) is -20.7. The van der Waals surface area contributed by atoms with Crippen LogP contribution in [0.4, 0.5) is 24.8 Å². The first kappa shape index (κ1) is 121. The minimum absolute atomic E-state index is 0.106. The van der Waals surface area contributed by atoms with Crippen molar-refractivity contribution in [1.29, 1.82) is 0 Å². The van der Waals surface area contributed by atoms with E-state index >= 15 is 13.2 Å². The summed E-state index contributed by atoms with van der Waals surface area (Å²) >= 11 is 6.18. The van der Waals surface area contributed by atoms with Crippen LogP contribution in [0.25, 0.3) is 33.5 Å². The third-order valence-corrected chi connectivity index (χ3v) is 30.8. The van der Waals surface area contributed by atoms with Gasteiger partial charge in [-0.2, -0.15) is 9.97 Å². The molecule has 3 aliphatic rings. The Morgan fingerprint density at radius 1 is 0.390 bits per heavy atom. The van der Waals surface area contributed by atoms with Crippen LogP contribution in [0.2, 0.25) is 5.28 Å². The first-order chi connectivity index (χ1) is 65.3. The van der Waals surface area contributed by atoms with Gasteiger partial charge in [-0.1, -0.05) is 20.8 Å². The van der Waals surface area contributed by atoms with E-state index in [1.165, 1.54) is 155 Å². The van der Waals surface area contributed by atoms with Gasteiger partial charge in [-0.05, 0) is 150 Å². The molecule has 0 aromatic carbocycles. The van der Waals surface area contributed by atoms with Crippen molar-refractivity contribution in [3.63, 3.8) is 0 Å². The summed E-state index contributed by atoms with van der Waals surface area (Å²) in [5.41, 5.74) is -2.75. The predicted octanol–water partition coefficient (Wildman–Crippen LogP) is 13.0. The number of hydrogen-bond acceptors (Lipinski definition) is 38. The summed E-state index contributed by atoms with van der Waals surface area (Å²) < 4.78 is 224. The van der Waals surface area contributed by atoms with Crippen LogP contribution in [0.1, 0.15) is 178 Å². The number of imidazole rings is 3. The molecule has 6 aromatic heterocycles. The van der Waals surface area contributed by atoms with E-state index in [9.17, 15) is 56.2 Å². The van der Waals surface area contributed by atoms with Gasteiger partial charge in [-0.3, -0.25) is 69.9 Å². The molecule has 47 nitrogen and oxygen atoms in total. The van der Waals surface area contributed by atoms with Crippen molar-refractivity contribution in [2.75, 3.05) is 110 Å². The number of carbonyl (C=O) groups excluding carboxylic acids is 6. The molecule has 9 heterocycles. The Balaban J connectivity index is 0.000000287. The number of carbonyl (C=O) groups is 6. The van der Waals surface area contributed by atoms with Gasteiger partial charge in [0.15, 0.2) is 76.8 Å². The van der Waals surface area contributed by atoms with Gasteiger partial charge in [0.05, 0.1) is 137 Å². The van der Waals surface area contributed by atoms with Gasteiger partial charge in [0.25, 0.3) is 45.1 Å². The Kier molecular flexibility index (Phi) is 43.6. The molecule has 6 aromatic rings. The summed E-state index contributed by atoms with van der Waals surface area (Å²) in [6, 6.07) is -4.21. The molecule has 57 heteroatoms. The normalized spacial score (nSPS) is 25.3. The predicted molar refractivity (Wildman–Crippen MR) is 519 cm³/mol. The number of halogens is 4. The summed E-state index contributed by atoms with van der Waals surface area (Å²) in [6.07, 6.45) is -8.16. The van der Waals surface area contributed by atoms with Crippen LogP contribution in [-0.2, 0) is 126 Å². The van der Waals surface area contributed by atoms with E-state index in [2.05, 4.69) is 81.0 Å². The molecule has 0 spiro atoms. The number of esters is 6. The molecule has 3 fully saturated rings. The molecule has 9 rings (SSSR count). The number of fused-ring (bicyclic) bond motifs is 3. The molecule has 10 unspecified atom stereocenters. The van der Waals surface area contributed by atoms with Crippen LogP contribution in [-0.4, -0.2) is 299 Å². The smallest absolute Gasteiger partial charge is 0.323 e. The number of ether oxygens (including phenoxy) is 10. The number of methoxy groups -OCH3 is 1. The van der Waals surface area contributed by atoms with Gasteiger partial charge >= 0.3 is 35.8 Å². The standard InChI is InChI=1S/C28H47ClFN7O9P2.C28H48FN7O9P2.C28H46FN5O10P2/c1-11-31-22-20-23(34-27(29)33-22)37(14-32-20)24-21(30)28(8,13-43-48(10,41)36-18(7)26(39)45-16(4)5)19(46-24)12-42-47(9,40)35-17(6)25(38)44-15(2)3;1-11-30-23-21-24(32-14-31-23)36(15-33-21)25-22(29)28(8,13-42-47(10,40)35-19(7)27(38)44-17(4)5)20(45-25)12-41-46(9,39)34-18(6)26(37)43-16(2)3;1-16(2)42-26(35)18(5)32-45(9,37)40-13-21-28(7,14-41-46(10,38)33-19(6)27(36)43-17(3)4)23(29)25(44-21)34-15-31-22-20(39-8)11-12-30-24(22)34/h14-19,21,24H,11-13H2,1-10H3,(H,35,40)(H,36,41)(H,31,33,34);14-20,22,25H,11-13H2,1-10H3,(H,34,39)(H,35,40)(H,30,31,32);11-12,15-19,21,23,25H,13-14H2,1-10H3,(H,32,37)(H,33,38)/t17-,18-,19+,21?,24+,28-,47?,48?;18-,19-,20+,22?,25+,28-,46?,47?;18-,19-,21+,23?,25?,28-,45?,46?/m000/s1. The second-order valence-electron chi connectivity index (χ2n) is 37.2. The summed E-state index contributed by atoms with van der Waals surface area (Å²) in [6.45, 7) is 43.5. The number of hydrogen-bond donors (Lipinski definition) is 8. The van der Waals surface area contributed by atoms with Gasteiger partial charge in [-0.15, -0.1) is 0 Å². The highest BCUT2D eigenvalue weighted by molar-refractivity contribution is 7.57. The minimum atomic E-state index is -3.72. The molecule has 8 N–H and O–H groups in total. The Labute approximate surface area is 824 Å². The molecular weight excluding hydrogens is 2000 g/mol. The molecule has 0 saturated carbocycles. The highest BCUT2D eigenvalue weighted by Gasteiger charge is 2.60. The molecule has 3 saturated heterocycles. The van der Waals surface area contributed by atoms with E-state index in [4.69, 9.17) is 86.1 Å². The summed E-state index contributed by atoms with van der Waals surface area (Å²) in [4.78, 5) is 108. The highest BCUT2D eigenvalue weighted by Crippen LogP contribution is 2.56. The maximum atomic E-state index is 16.8. The average Bonchev–Trinajstić information content (AvgIpc) is 1.64. The van der Waals surface area contributed by atoms with Crippen LogP contribution in [0.15, 0.2) is 37.6 Å². The molecule has 24 atom stereocenters. The average molecular weight is 2140 g/mol. The van der Waals surface area contributed by atoms with Crippen molar-refractivity contribution in [3.05, 3.63) is 42.9 Å². The minimum Gasteiger partial charge on any atom is -0.494 e. The van der Waals surface area contributed by atoms with Crippen molar-refractivity contribution in [2.24, 2.45) is 16.2 Å². The fourth-order valence-electron chi connectivity index (χ4n) is 14.6. The molecule has 0 bridgehead atoms. The van der Waals surface area contributed by atoms with Crippen molar-refractivity contribution >= 4 is 138 Å². The Hall–Kier alpha value is -7.20. The van der Waals surface area contributed by atoms with Gasteiger partial charge in [0.1, 0.15) is 53.8 Å². The Bertz CT molecular complexity index is 5570. The van der Waals surface area contributed by atoms with Gasteiger partial charge < -0.3 is 85.1 Å². The number of alkyl halides is 3. The fraction of sp³-hybridized carbons (Fsp3) is 0.738. The van der Waals surface area contributed by atoms with E-state index in [0.717, 1.165) is 0 Å². The summed E-state index contributed by atoms with van der Waals surface area (Å²) in [5.74, 6) is -2.52. The van der Waals surface area contributed by atoms with E-state index < -0.39 is 229 Å². The van der Waals surface area contributed by atoms with Crippen LogP contribution < -0.4 is 45.9 Å². The number of nitrogens with one attached hydrogen (secondary N) is 8. The maximum Gasteiger partial charge on any atom is 0.323 e. The first-order valence-electron chi connectivity index (χ1n) is 45.8. The monoisotopic (exact) mass is 2140 g/mol. The van der Waals surface area contributed by atoms with Crippen molar-refractivity contribution in [3.8, 4) is 5.75 Å². The SMILES string of the molecule is CCNc1nc(Cl)nc2c1ncn2[C@@H]1O[C@H](COP(C)(=O)N[C@@H](C)C(=O)OC(C)C)[C@](C)(COP(C)(=O)N[C@@H](C)C(=O)OC(C)C)C1F.CCNc1ncnc2c1ncn2[C@@H]1O[C@H](COP(C)(=O)N[C@@H](C)C(=O)OC(C)C)[C@](C)(COP(C)(=O)N[C@@H](C)C(=O)OC(C)C)C1F.COc1ccnc2c1ncn2C1O[C@H](COP(C)(=O)N[C@@H](C)C(=O)OC(C)C)[C@](C)(COP(C)(=O)N[C@@H](C)C(=O)OC(C)C)C1F. The van der Waals surface area contributed by atoms with Crippen LogP contribution >= 0.6 is 56.7 Å². The Morgan fingerprint density at radius 3 is 0.936 bits per heavy atom. The van der Waals surface area contributed by atoms with Gasteiger partial charge in [-0.25, -0.2) is 73.6 Å². The fourth-order valence-corrected chi connectivity index (χ4v) is 22.8. The number of anilines is 2. The van der Waals surface area contributed by atoms with Crippen molar-refractivity contribution in [2.45, 2.75) is 288 Å². The number of rotatable bonds is 50. The van der Waals surface area contributed by atoms with Crippen molar-refractivity contribution in [1.82, 2.24) is 84.1 Å². The van der Waals surface area contributed by atoms with Crippen LogP contribution in [0, 0.1) is 16.2 Å². The molecule has 0 amide bonds. The largest absolute Gasteiger partial charge is 0.494 e. The lowest BCUT2D eigenvalue weighted by Crippen LogP contribution is -2.43. The number of nitrogens with zero attached hydrogens (tertiary/aromatic N) is 11. The maximum absolute atomic E-state index is 16.8. The van der Waals surface area contributed by atoms with Crippen LogP contribution in [0.3, 0.4) is 0 Å². The zero-order chi connectivity index (χ0) is 106. The molecule has 0 radical (unpaired) electrons. The molecular formula is C84H141ClF3N19O28P6. The van der Waals surface area contributed by atoms with Crippen LogP contribution in [0.5, 0.6) is 5.75 Å². The van der Waals surface area contributed by atoms with E-state index in [0.29, 0.717) is 52.7 Å². The lowest BCUT2D eigenvalue weighted by atomic mass is 9.82. The number of aromatic nitrogens is 11. The van der Waals surface area contributed by atoms with Gasteiger partial charge in [0.2, 0.25) is 5.28 Å². The van der Waals surface area contributed by atoms with Crippen molar-refractivity contribution < 1.29 is 144 Å². The molecule has 798 valence electrons. The third-order valence-electron chi connectivity index (χ3n) is 21.8. The zero-order valence-corrected chi connectivity index (χ0v) is 91.4. The lowest BCUT2D eigenvalue weighted by molar-refractivity contribution is -0.149. The second-order valence-corrected chi connectivity index (χ2v) is 50.8. The second kappa shape index (κ2) is 50.9. The molecule has 3 aliphatic heterocycles. The molecule has 141 heavy (non-hydrogen) atoms. The van der Waals surface area contributed by atoms with E-state index in [-0.39, 0.29) is 53.2 Å². The van der Waals surface area contributed by atoms with E-state index in [1.54, 1.807) is 89.2 Å². The lowest BCUT2D eigenvalue weighted by Gasteiger charge is -2.33. The first-order valence-corrected chi connectivity index (χ1v) is 58.6. The quantitative estimate of drug-likeness (QED) is 0.00761. The van der Waals surface area contributed by atoms with E-state index in [1.807, 2.05) is 13.8 Å². The Morgan fingerprint density at radius 2 is 0.652 bits per heavy atom. The topological polar surface area (TPSA) is 567 Å². The summed E-state index contributed by atoms with van der Waals surface area (Å²) in [5, 5.41) is 21.9. The highest BCUT2D eigenvalue weighted by atomic mass is 35.5. The van der Waals surface area contributed by atoms with Gasteiger partial charge in [0, 0.05) is 65.3 Å². The third kappa shape index (κ3) is 33.4. The zero-order valence-electron chi connectivity index (χ0n) is 85.3. The number of pyridine rings is 1. The molecule has 0 aliphatic carbocycles.